The van der Waals surface area contributed by atoms with Crippen LogP contribution in [0.5, 0.6) is 5.75 Å². The maximum absolute atomic E-state index is 11.3. The molecule has 0 spiro atoms. The van der Waals surface area contributed by atoms with Crippen molar-refractivity contribution in [2.45, 2.75) is 19.4 Å². The number of pyridine rings is 1. The standard InChI is InChI=1S/C14H22N4O2/c1-2-11-5-13(7-16-6-11)20-10-12(15)8-18-4-3-17-14(19)9-18/h5-7,12H,2-4,8-10,15H2,1H3,(H,17,19)/t12-/m0/s1. The molecule has 1 saturated heterocycles. The second-order valence-electron chi connectivity index (χ2n) is 5.04. The van der Waals surface area contributed by atoms with Crippen molar-refractivity contribution < 1.29 is 9.53 Å². The lowest BCUT2D eigenvalue weighted by Crippen LogP contribution is -2.52. The van der Waals surface area contributed by atoms with E-state index in [1.165, 1.54) is 0 Å². The molecule has 2 rings (SSSR count). The summed E-state index contributed by atoms with van der Waals surface area (Å²) in [5.74, 6) is 0.806. The van der Waals surface area contributed by atoms with E-state index in [1.807, 2.05) is 17.2 Å². The molecule has 1 atom stereocenters. The van der Waals surface area contributed by atoms with Gasteiger partial charge < -0.3 is 15.8 Å². The van der Waals surface area contributed by atoms with Gasteiger partial charge >= 0.3 is 0 Å². The van der Waals surface area contributed by atoms with E-state index in [2.05, 4.69) is 17.2 Å². The molecule has 0 aromatic carbocycles. The minimum Gasteiger partial charge on any atom is -0.490 e. The van der Waals surface area contributed by atoms with Crippen molar-refractivity contribution in [3.05, 3.63) is 24.0 Å². The molecule has 0 saturated carbocycles. The van der Waals surface area contributed by atoms with Crippen LogP contribution in [0, 0.1) is 0 Å². The molecule has 1 aromatic rings. The molecule has 0 unspecified atom stereocenters. The van der Waals surface area contributed by atoms with Gasteiger partial charge in [0.15, 0.2) is 0 Å². The SMILES string of the molecule is CCc1cncc(OC[C@@H](N)CN2CCNC(=O)C2)c1. The monoisotopic (exact) mass is 278 g/mol. The summed E-state index contributed by atoms with van der Waals surface area (Å²) in [4.78, 5) is 17.5. The first-order valence-corrected chi connectivity index (χ1v) is 6.98. The first kappa shape index (κ1) is 14.7. The van der Waals surface area contributed by atoms with Crippen molar-refractivity contribution in [3.8, 4) is 5.75 Å². The van der Waals surface area contributed by atoms with Crippen molar-refractivity contribution in [2.75, 3.05) is 32.8 Å². The third-order valence-electron chi connectivity index (χ3n) is 3.25. The minimum absolute atomic E-state index is 0.0595. The Balaban J connectivity index is 1.76. The predicted octanol–water partition coefficient (Wildman–Crippen LogP) is -0.218. The van der Waals surface area contributed by atoms with Gasteiger partial charge in [0.05, 0.1) is 18.8 Å². The van der Waals surface area contributed by atoms with Crippen LogP contribution >= 0.6 is 0 Å². The first-order valence-electron chi connectivity index (χ1n) is 6.98. The van der Waals surface area contributed by atoms with Crippen LogP contribution in [0.15, 0.2) is 18.5 Å². The van der Waals surface area contributed by atoms with Gasteiger partial charge in [-0.05, 0) is 18.1 Å². The number of carbonyl (C=O) groups excluding carboxylic acids is 1. The number of amides is 1. The number of nitrogens with zero attached hydrogens (tertiary/aromatic N) is 2. The molecular weight excluding hydrogens is 256 g/mol. The molecule has 1 aliphatic heterocycles. The van der Waals surface area contributed by atoms with E-state index in [0.29, 0.717) is 26.2 Å². The second kappa shape index (κ2) is 7.21. The highest BCUT2D eigenvalue weighted by atomic mass is 16.5. The minimum atomic E-state index is -0.119. The Morgan fingerprint density at radius 2 is 2.40 bits per heavy atom. The van der Waals surface area contributed by atoms with Crippen LogP contribution in [-0.4, -0.2) is 54.6 Å². The molecule has 0 aliphatic carbocycles. The van der Waals surface area contributed by atoms with Gasteiger partial charge in [-0.15, -0.1) is 0 Å². The zero-order valence-electron chi connectivity index (χ0n) is 11.8. The molecule has 6 nitrogen and oxygen atoms in total. The van der Waals surface area contributed by atoms with Crippen molar-refractivity contribution in [1.82, 2.24) is 15.2 Å². The largest absolute Gasteiger partial charge is 0.490 e. The Labute approximate surface area is 119 Å². The van der Waals surface area contributed by atoms with Crippen LogP contribution in [-0.2, 0) is 11.2 Å². The molecule has 6 heteroatoms. The van der Waals surface area contributed by atoms with Gasteiger partial charge in [0.2, 0.25) is 5.91 Å². The zero-order valence-corrected chi connectivity index (χ0v) is 11.8. The Morgan fingerprint density at radius 1 is 1.55 bits per heavy atom. The number of rotatable bonds is 6. The number of aryl methyl sites for hydroxylation is 1. The molecule has 2 heterocycles. The topological polar surface area (TPSA) is 80.5 Å². The highest BCUT2D eigenvalue weighted by molar-refractivity contribution is 5.78. The molecule has 1 amide bonds. The van der Waals surface area contributed by atoms with Gasteiger partial charge in [0.1, 0.15) is 12.4 Å². The number of nitrogens with one attached hydrogen (secondary N) is 1. The summed E-state index contributed by atoms with van der Waals surface area (Å²) in [6, 6.07) is 1.86. The lowest BCUT2D eigenvalue weighted by atomic mass is 10.2. The summed E-state index contributed by atoms with van der Waals surface area (Å²) in [5, 5.41) is 2.79. The number of hydrogen-bond donors (Lipinski definition) is 2. The van der Waals surface area contributed by atoms with E-state index >= 15 is 0 Å². The number of hydrogen-bond acceptors (Lipinski definition) is 5. The number of carbonyl (C=O) groups is 1. The zero-order chi connectivity index (χ0) is 14.4. The van der Waals surface area contributed by atoms with Crippen LogP contribution in [0.3, 0.4) is 0 Å². The number of nitrogens with two attached hydrogens (primary N) is 1. The third-order valence-corrected chi connectivity index (χ3v) is 3.25. The summed E-state index contributed by atoms with van der Waals surface area (Å²) in [5.41, 5.74) is 7.19. The highest BCUT2D eigenvalue weighted by Crippen LogP contribution is 2.11. The summed E-state index contributed by atoms with van der Waals surface area (Å²) in [6.07, 6.45) is 4.46. The van der Waals surface area contributed by atoms with Crippen LogP contribution < -0.4 is 15.8 Å². The number of ether oxygens (including phenoxy) is 1. The first-order chi connectivity index (χ1) is 9.67. The number of piperazine rings is 1. The van der Waals surface area contributed by atoms with E-state index in [1.54, 1.807) is 6.20 Å². The van der Waals surface area contributed by atoms with Crippen LogP contribution in [0.4, 0.5) is 0 Å². The van der Waals surface area contributed by atoms with Crippen LogP contribution in [0.25, 0.3) is 0 Å². The van der Waals surface area contributed by atoms with Gasteiger partial charge in [-0.25, -0.2) is 0 Å². The Morgan fingerprint density at radius 3 is 3.15 bits per heavy atom. The smallest absolute Gasteiger partial charge is 0.234 e. The molecule has 0 bridgehead atoms. The summed E-state index contributed by atoms with van der Waals surface area (Å²) in [6.45, 7) is 5.11. The molecule has 0 radical (unpaired) electrons. The fourth-order valence-corrected chi connectivity index (χ4v) is 2.17. The van der Waals surface area contributed by atoms with E-state index in [9.17, 15) is 4.79 Å². The van der Waals surface area contributed by atoms with Gasteiger partial charge in [0.25, 0.3) is 0 Å². The lowest BCUT2D eigenvalue weighted by Gasteiger charge is -2.28. The Kier molecular flexibility index (Phi) is 5.31. The van der Waals surface area contributed by atoms with Gasteiger partial charge in [0, 0.05) is 25.8 Å². The Bertz CT molecular complexity index is 453. The van der Waals surface area contributed by atoms with Gasteiger partial charge in [-0.3, -0.25) is 14.7 Å². The van der Waals surface area contributed by atoms with E-state index < -0.39 is 0 Å². The number of aromatic nitrogens is 1. The summed E-state index contributed by atoms with van der Waals surface area (Å²) < 4.78 is 5.66. The Hall–Kier alpha value is -1.66. The molecular formula is C14H22N4O2. The van der Waals surface area contributed by atoms with Gasteiger partial charge in [-0.1, -0.05) is 6.92 Å². The summed E-state index contributed by atoms with van der Waals surface area (Å²) >= 11 is 0. The van der Waals surface area contributed by atoms with Crippen molar-refractivity contribution in [3.63, 3.8) is 0 Å². The second-order valence-corrected chi connectivity index (χ2v) is 5.04. The molecule has 3 N–H and O–H groups in total. The average molecular weight is 278 g/mol. The van der Waals surface area contributed by atoms with Gasteiger partial charge in [-0.2, -0.15) is 0 Å². The molecule has 110 valence electrons. The lowest BCUT2D eigenvalue weighted by molar-refractivity contribution is -0.124. The van der Waals surface area contributed by atoms with E-state index in [-0.39, 0.29) is 11.9 Å². The summed E-state index contributed by atoms with van der Waals surface area (Å²) in [7, 11) is 0. The molecule has 1 aliphatic rings. The average Bonchev–Trinajstić information content (AvgIpc) is 2.45. The van der Waals surface area contributed by atoms with Crippen LogP contribution in [0.1, 0.15) is 12.5 Å². The van der Waals surface area contributed by atoms with E-state index in [4.69, 9.17) is 10.5 Å². The fourth-order valence-electron chi connectivity index (χ4n) is 2.17. The highest BCUT2D eigenvalue weighted by Gasteiger charge is 2.18. The third kappa shape index (κ3) is 4.47. The normalized spacial score (nSPS) is 17.6. The van der Waals surface area contributed by atoms with Crippen LogP contribution in [0.2, 0.25) is 0 Å². The van der Waals surface area contributed by atoms with Crippen molar-refractivity contribution in [2.24, 2.45) is 5.73 Å². The quantitative estimate of drug-likeness (QED) is 0.752. The molecule has 1 aromatic heterocycles. The maximum Gasteiger partial charge on any atom is 0.234 e. The predicted molar refractivity (Wildman–Crippen MR) is 76.5 cm³/mol. The molecule has 1 fully saturated rings. The van der Waals surface area contributed by atoms with Crippen molar-refractivity contribution in [1.29, 1.82) is 0 Å². The van der Waals surface area contributed by atoms with Crippen molar-refractivity contribution >= 4 is 5.91 Å². The molecule has 20 heavy (non-hydrogen) atoms. The van der Waals surface area contributed by atoms with E-state index in [0.717, 1.165) is 24.3 Å². The maximum atomic E-state index is 11.3. The fraction of sp³-hybridized carbons (Fsp3) is 0.571.